The molecular formula is C28H29Cl2Zr-. The predicted molar refractivity (Wildman–Crippen MR) is 135 cm³/mol. The van der Waals surface area contributed by atoms with Crippen LogP contribution >= 0.6 is 17.0 Å². The van der Waals surface area contributed by atoms with E-state index in [1.807, 2.05) is 0 Å². The van der Waals surface area contributed by atoms with Gasteiger partial charge in [0, 0.05) is 0 Å². The van der Waals surface area contributed by atoms with Crippen LogP contribution in [0.2, 0.25) is 0 Å². The predicted octanol–water partition coefficient (Wildman–Crippen LogP) is 9.52. The molecule has 0 atom stereocenters. The SMILES string of the molecule is CCCc1cc2c(-c3ccccc3-c3ccccc3)c(C(C)(C)C)ccc2[cH-]1.[Cl][Zr][Cl]. The molecule has 0 heterocycles. The fourth-order valence-electron chi connectivity index (χ4n) is 4.26. The van der Waals surface area contributed by atoms with Crippen molar-refractivity contribution in [3.8, 4) is 22.3 Å². The first kappa shape index (κ1) is 24.4. The van der Waals surface area contributed by atoms with Crippen molar-refractivity contribution in [3.63, 3.8) is 0 Å². The van der Waals surface area contributed by atoms with Gasteiger partial charge < -0.3 is 0 Å². The van der Waals surface area contributed by atoms with Crippen LogP contribution in [0.25, 0.3) is 33.0 Å². The molecule has 3 heteroatoms. The van der Waals surface area contributed by atoms with Gasteiger partial charge in [-0.2, -0.15) is 6.07 Å². The van der Waals surface area contributed by atoms with Crippen LogP contribution in [0.1, 0.15) is 45.2 Å². The minimum absolute atomic E-state index is 0.0789. The molecule has 0 nitrogen and oxygen atoms in total. The quantitative estimate of drug-likeness (QED) is 0.232. The van der Waals surface area contributed by atoms with Gasteiger partial charge in [0.15, 0.2) is 0 Å². The molecular weight excluding hydrogens is 498 g/mol. The van der Waals surface area contributed by atoms with E-state index in [0.29, 0.717) is 0 Å². The molecule has 0 aliphatic rings. The van der Waals surface area contributed by atoms with Crippen molar-refractivity contribution >= 4 is 27.8 Å². The zero-order valence-electron chi connectivity index (χ0n) is 18.7. The van der Waals surface area contributed by atoms with Crippen LogP contribution in [-0.2, 0) is 32.7 Å². The normalized spacial score (nSPS) is 11.2. The fraction of sp³-hybridized carbons (Fsp3) is 0.250. The van der Waals surface area contributed by atoms with Gasteiger partial charge in [-0.3, -0.25) is 0 Å². The summed E-state index contributed by atoms with van der Waals surface area (Å²) >= 11 is -0.826. The fourth-order valence-corrected chi connectivity index (χ4v) is 4.26. The summed E-state index contributed by atoms with van der Waals surface area (Å²) in [5.41, 5.74) is 8.24. The topological polar surface area (TPSA) is 0 Å². The number of benzene rings is 3. The average molecular weight is 528 g/mol. The van der Waals surface area contributed by atoms with Crippen LogP contribution in [-0.4, -0.2) is 0 Å². The summed E-state index contributed by atoms with van der Waals surface area (Å²) in [6, 6.07) is 29.1. The number of fused-ring (bicyclic) bond motifs is 1. The molecule has 4 aromatic carbocycles. The number of hydrogen-bond donors (Lipinski definition) is 0. The van der Waals surface area contributed by atoms with E-state index in [0.717, 1.165) is 6.42 Å². The molecule has 31 heavy (non-hydrogen) atoms. The first-order chi connectivity index (χ1) is 14.9. The molecule has 0 saturated heterocycles. The van der Waals surface area contributed by atoms with Gasteiger partial charge in [0.05, 0.1) is 0 Å². The maximum absolute atomic E-state index is 4.93. The van der Waals surface area contributed by atoms with E-state index in [4.69, 9.17) is 17.0 Å². The Bertz CT molecular complexity index is 1120. The molecule has 0 aliphatic heterocycles. The Morgan fingerprint density at radius 1 is 0.839 bits per heavy atom. The van der Waals surface area contributed by atoms with Crippen LogP contribution in [0, 0.1) is 0 Å². The van der Waals surface area contributed by atoms with Gasteiger partial charge in [-0.1, -0.05) is 99.8 Å². The molecule has 0 aliphatic carbocycles. The average Bonchev–Trinajstić information content (AvgIpc) is 3.16. The third-order valence-corrected chi connectivity index (χ3v) is 5.58. The van der Waals surface area contributed by atoms with E-state index in [1.165, 1.54) is 50.6 Å². The van der Waals surface area contributed by atoms with Crippen molar-refractivity contribution in [2.24, 2.45) is 0 Å². The molecule has 0 bridgehead atoms. The summed E-state index contributed by atoms with van der Waals surface area (Å²) in [5, 5.41) is 2.74. The van der Waals surface area contributed by atoms with Gasteiger partial charge >= 0.3 is 37.9 Å². The number of hydrogen-bond acceptors (Lipinski definition) is 0. The second-order valence-corrected chi connectivity index (χ2v) is 12.6. The van der Waals surface area contributed by atoms with E-state index in [1.54, 1.807) is 0 Å². The van der Waals surface area contributed by atoms with E-state index >= 15 is 0 Å². The van der Waals surface area contributed by atoms with Crippen LogP contribution in [0.3, 0.4) is 0 Å². The van der Waals surface area contributed by atoms with Crippen LogP contribution in [0.15, 0.2) is 78.9 Å². The molecule has 0 amide bonds. The van der Waals surface area contributed by atoms with Crippen LogP contribution in [0.5, 0.6) is 0 Å². The standard InChI is InChI=1S/C28H29.2ClH.Zr/c1-5-11-20-18-22-16-17-26(28(2,3)4)27(25(22)19-20)24-15-10-9-14-23(24)21-12-7-6-8-13-21;;;/h6-10,12-19H,5,11H2,1-4H3;2*1H;/q-1;;;+2/p-2. The van der Waals surface area contributed by atoms with Gasteiger partial charge in [0.2, 0.25) is 0 Å². The first-order valence-corrected chi connectivity index (χ1v) is 17.1. The minimum atomic E-state index is -0.826. The Morgan fingerprint density at radius 2 is 1.45 bits per heavy atom. The van der Waals surface area contributed by atoms with E-state index < -0.39 is 20.8 Å². The Balaban J connectivity index is 0.000000858. The summed E-state index contributed by atoms with van der Waals surface area (Å²) in [7, 11) is 9.87. The van der Waals surface area contributed by atoms with Crippen molar-refractivity contribution in [1.82, 2.24) is 0 Å². The second-order valence-electron chi connectivity index (χ2n) is 8.84. The third-order valence-electron chi connectivity index (χ3n) is 5.58. The summed E-state index contributed by atoms with van der Waals surface area (Å²) < 4.78 is 0. The summed E-state index contributed by atoms with van der Waals surface area (Å²) in [5.74, 6) is 0. The van der Waals surface area contributed by atoms with Crippen molar-refractivity contribution in [3.05, 3.63) is 90.0 Å². The molecule has 0 N–H and O–H groups in total. The van der Waals surface area contributed by atoms with Crippen LogP contribution in [0.4, 0.5) is 0 Å². The van der Waals surface area contributed by atoms with Gasteiger partial charge in [-0.05, 0) is 28.5 Å². The van der Waals surface area contributed by atoms with Crippen molar-refractivity contribution in [2.45, 2.75) is 46.0 Å². The Labute approximate surface area is 205 Å². The maximum atomic E-state index is 4.93. The first-order valence-electron chi connectivity index (χ1n) is 10.7. The van der Waals surface area contributed by atoms with Gasteiger partial charge in [0.25, 0.3) is 0 Å². The number of rotatable bonds is 4. The van der Waals surface area contributed by atoms with E-state index in [2.05, 4.69) is 107 Å². The molecule has 0 fully saturated rings. The van der Waals surface area contributed by atoms with Crippen LogP contribution < -0.4 is 0 Å². The number of aryl methyl sites for hydroxylation is 1. The van der Waals surface area contributed by atoms with Gasteiger partial charge in [-0.25, -0.2) is 0 Å². The zero-order valence-corrected chi connectivity index (χ0v) is 22.6. The monoisotopic (exact) mass is 525 g/mol. The Kier molecular flexibility index (Phi) is 8.68. The molecule has 4 rings (SSSR count). The van der Waals surface area contributed by atoms with Crippen molar-refractivity contribution in [2.75, 3.05) is 0 Å². The van der Waals surface area contributed by atoms with Gasteiger partial charge in [0.1, 0.15) is 0 Å². The summed E-state index contributed by atoms with van der Waals surface area (Å²) in [6.07, 6.45) is 2.32. The van der Waals surface area contributed by atoms with Gasteiger partial charge in [-0.15, -0.1) is 34.5 Å². The van der Waals surface area contributed by atoms with Crippen molar-refractivity contribution in [1.29, 1.82) is 0 Å². The molecule has 0 aromatic heterocycles. The molecule has 0 unspecified atom stereocenters. The molecule has 0 saturated carbocycles. The second kappa shape index (κ2) is 11.0. The van der Waals surface area contributed by atoms with E-state index in [-0.39, 0.29) is 5.41 Å². The molecule has 0 spiro atoms. The molecule has 0 radical (unpaired) electrons. The number of halogens is 2. The molecule has 160 valence electrons. The summed E-state index contributed by atoms with van der Waals surface area (Å²) in [4.78, 5) is 0. The Hall–Kier alpha value is -1.27. The summed E-state index contributed by atoms with van der Waals surface area (Å²) in [6.45, 7) is 9.21. The third kappa shape index (κ3) is 5.76. The van der Waals surface area contributed by atoms with Crippen molar-refractivity contribution < 1.29 is 20.8 Å². The zero-order chi connectivity index (χ0) is 22.4. The molecule has 4 aromatic rings. The Morgan fingerprint density at radius 3 is 2.06 bits per heavy atom. The van der Waals surface area contributed by atoms with E-state index in [9.17, 15) is 0 Å².